The van der Waals surface area contributed by atoms with Crippen LogP contribution in [0.4, 0.5) is 0 Å². The van der Waals surface area contributed by atoms with Crippen LogP contribution in [0.25, 0.3) is 0 Å². The maximum atomic E-state index is 10.9. The van der Waals surface area contributed by atoms with Gasteiger partial charge in [0.15, 0.2) is 0 Å². The molecule has 1 atom stereocenters. The normalized spacial score (nSPS) is 13.5. The van der Waals surface area contributed by atoms with Crippen molar-refractivity contribution in [3.63, 3.8) is 0 Å². The SMILES string of the molecule is Cc1cc(C(C)(C)C)cc(C)c1CN(C)CC(C)C(=O)O. The molecule has 0 heterocycles. The Labute approximate surface area is 129 Å². The van der Waals surface area contributed by atoms with Crippen LogP contribution in [0.3, 0.4) is 0 Å². The molecule has 0 aliphatic rings. The highest BCUT2D eigenvalue weighted by Crippen LogP contribution is 2.27. The summed E-state index contributed by atoms with van der Waals surface area (Å²) < 4.78 is 0. The minimum absolute atomic E-state index is 0.151. The lowest BCUT2D eigenvalue weighted by Crippen LogP contribution is -2.28. The molecule has 1 aromatic rings. The molecule has 0 saturated heterocycles. The molecule has 0 fully saturated rings. The molecule has 0 aliphatic heterocycles. The molecule has 0 saturated carbocycles. The smallest absolute Gasteiger partial charge is 0.307 e. The van der Waals surface area contributed by atoms with Crippen molar-refractivity contribution in [2.75, 3.05) is 13.6 Å². The molecule has 1 N–H and O–H groups in total. The molecular weight excluding hydrogens is 262 g/mol. The summed E-state index contributed by atoms with van der Waals surface area (Å²) in [6.45, 7) is 14.1. The zero-order valence-electron chi connectivity index (χ0n) is 14.4. The van der Waals surface area contributed by atoms with Crippen LogP contribution >= 0.6 is 0 Å². The number of benzene rings is 1. The number of nitrogens with zero attached hydrogens (tertiary/aromatic N) is 1. The van der Waals surface area contributed by atoms with Crippen molar-refractivity contribution in [3.05, 3.63) is 34.4 Å². The Balaban J connectivity index is 2.92. The van der Waals surface area contributed by atoms with Gasteiger partial charge in [-0.25, -0.2) is 0 Å². The van der Waals surface area contributed by atoms with E-state index in [4.69, 9.17) is 5.11 Å². The van der Waals surface area contributed by atoms with Gasteiger partial charge in [0.1, 0.15) is 0 Å². The molecule has 3 heteroatoms. The summed E-state index contributed by atoms with van der Waals surface area (Å²) in [6, 6.07) is 4.52. The second kappa shape index (κ2) is 6.61. The van der Waals surface area contributed by atoms with Crippen molar-refractivity contribution in [2.45, 2.75) is 53.5 Å². The van der Waals surface area contributed by atoms with Crippen LogP contribution in [0.1, 0.15) is 49.9 Å². The highest BCUT2D eigenvalue weighted by atomic mass is 16.4. The largest absolute Gasteiger partial charge is 0.481 e. The van der Waals surface area contributed by atoms with E-state index in [2.05, 4.69) is 51.7 Å². The van der Waals surface area contributed by atoms with Crippen molar-refractivity contribution in [1.29, 1.82) is 0 Å². The van der Waals surface area contributed by atoms with E-state index in [1.54, 1.807) is 6.92 Å². The predicted octanol–water partition coefficient (Wildman–Crippen LogP) is 3.75. The molecule has 0 aromatic heterocycles. The van der Waals surface area contributed by atoms with Gasteiger partial charge in [-0.15, -0.1) is 0 Å². The van der Waals surface area contributed by atoms with Gasteiger partial charge in [-0.1, -0.05) is 39.8 Å². The standard InChI is InChI=1S/C18H29NO2/c1-12-8-15(18(4,5)6)9-13(2)16(12)11-19(7)10-14(3)17(20)21/h8-9,14H,10-11H2,1-7H3,(H,20,21). The fourth-order valence-corrected chi connectivity index (χ4v) is 2.56. The topological polar surface area (TPSA) is 40.5 Å². The molecule has 21 heavy (non-hydrogen) atoms. The molecule has 0 aliphatic carbocycles. The van der Waals surface area contributed by atoms with Crippen molar-refractivity contribution in [3.8, 4) is 0 Å². The van der Waals surface area contributed by atoms with Gasteiger partial charge >= 0.3 is 5.97 Å². The van der Waals surface area contributed by atoms with Gasteiger partial charge in [0, 0.05) is 13.1 Å². The minimum Gasteiger partial charge on any atom is -0.481 e. The van der Waals surface area contributed by atoms with Gasteiger partial charge in [-0.05, 0) is 48.6 Å². The molecule has 0 bridgehead atoms. The fourth-order valence-electron chi connectivity index (χ4n) is 2.56. The second-order valence-corrected chi connectivity index (χ2v) is 7.27. The Hall–Kier alpha value is -1.35. The second-order valence-electron chi connectivity index (χ2n) is 7.27. The van der Waals surface area contributed by atoms with E-state index in [9.17, 15) is 4.79 Å². The van der Waals surface area contributed by atoms with E-state index in [1.165, 1.54) is 22.3 Å². The molecule has 0 amide bonds. The van der Waals surface area contributed by atoms with Crippen molar-refractivity contribution < 1.29 is 9.90 Å². The predicted molar refractivity (Wildman–Crippen MR) is 87.7 cm³/mol. The zero-order valence-corrected chi connectivity index (χ0v) is 14.4. The number of rotatable bonds is 5. The first kappa shape index (κ1) is 17.7. The molecule has 1 rings (SSSR count). The average molecular weight is 291 g/mol. The quantitative estimate of drug-likeness (QED) is 0.898. The number of carbonyl (C=O) groups is 1. The number of hydrogen-bond donors (Lipinski definition) is 1. The number of hydrogen-bond acceptors (Lipinski definition) is 2. The number of carboxylic acid groups (broad SMARTS) is 1. The summed E-state index contributed by atoms with van der Waals surface area (Å²) in [7, 11) is 1.98. The summed E-state index contributed by atoms with van der Waals surface area (Å²) in [5.41, 5.74) is 5.38. The Bertz CT molecular complexity index is 491. The van der Waals surface area contributed by atoms with Gasteiger partial charge in [-0.3, -0.25) is 4.79 Å². The van der Waals surface area contributed by atoms with Crippen LogP contribution in [-0.2, 0) is 16.8 Å². The van der Waals surface area contributed by atoms with Crippen LogP contribution < -0.4 is 0 Å². The first-order valence-corrected chi connectivity index (χ1v) is 7.54. The van der Waals surface area contributed by atoms with Gasteiger partial charge in [0.2, 0.25) is 0 Å². The van der Waals surface area contributed by atoms with Crippen LogP contribution in [0.5, 0.6) is 0 Å². The van der Waals surface area contributed by atoms with Crippen LogP contribution in [-0.4, -0.2) is 29.6 Å². The monoisotopic (exact) mass is 291 g/mol. The average Bonchev–Trinajstić information content (AvgIpc) is 2.32. The first-order chi connectivity index (χ1) is 9.52. The van der Waals surface area contributed by atoms with E-state index in [1.807, 2.05) is 7.05 Å². The van der Waals surface area contributed by atoms with Crippen molar-refractivity contribution >= 4 is 5.97 Å². The Kier molecular flexibility index (Phi) is 5.57. The summed E-state index contributed by atoms with van der Waals surface area (Å²) in [5.74, 6) is -1.08. The molecule has 3 nitrogen and oxygen atoms in total. The fraction of sp³-hybridized carbons (Fsp3) is 0.611. The number of aliphatic carboxylic acids is 1. The lowest BCUT2D eigenvalue weighted by Gasteiger charge is -2.25. The molecule has 1 aromatic carbocycles. The molecule has 1 unspecified atom stereocenters. The van der Waals surface area contributed by atoms with E-state index >= 15 is 0 Å². The van der Waals surface area contributed by atoms with Crippen LogP contribution in [0.15, 0.2) is 12.1 Å². The van der Waals surface area contributed by atoms with Crippen molar-refractivity contribution in [2.24, 2.45) is 5.92 Å². The van der Waals surface area contributed by atoms with E-state index in [0.29, 0.717) is 6.54 Å². The summed E-state index contributed by atoms with van der Waals surface area (Å²) in [6.07, 6.45) is 0. The highest BCUT2D eigenvalue weighted by Gasteiger charge is 2.18. The van der Waals surface area contributed by atoms with Gasteiger partial charge < -0.3 is 10.0 Å². The molecular formula is C18H29NO2. The Morgan fingerprint density at radius 3 is 2.10 bits per heavy atom. The Morgan fingerprint density at radius 2 is 1.71 bits per heavy atom. The van der Waals surface area contributed by atoms with Crippen LogP contribution in [0, 0.1) is 19.8 Å². The molecule has 0 spiro atoms. The van der Waals surface area contributed by atoms with Gasteiger partial charge in [0.25, 0.3) is 0 Å². The summed E-state index contributed by atoms with van der Waals surface area (Å²) in [5, 5.41) is 9.01. The third-order valence-corrected chi connectivity index (χ3v) is 4.00. The van der Waals surface area contributed by atoms with Gasteiger partial charge in [-0.2, -0.15) is 0 Å². The van der Waals surface area contributed by atoms with Crippen molar-refractivity contribution in [1.82, 2.24) is 4.90 Å². The summed E-state index contributed by atoms with van der Waals surface area (Å²) >= 11 is 0. The third kappa shape index (κ3) is 4.85. The minimum atomic E-state index is -0.738. The number of carboxylic acids is 1. The van der Waals surface area contributed by atoms with E-state index in [0.717, 1.165) is 6.54 Å². The van der Waals surface area contributed by atoms with Gasteiger partial charge in [0.05, 0.1) is 5.92 Å². The lowest BCUT2D eigenvalue weighted by molar-refractivity contribution is -0.141. The summed E-state index contributed by atoms with van der Waals surface area (Å²) in [4.78, 5) is 13.0. The zero-order chi connectivity index (χ0) is 16.4. The molecule has 0 radical (unpaired) electrons. The van der Waals surface area contributed by atoms with E-state index < -0.39 is 5.97 Å². The molecule has 118 valence electrons. The maximum Gasteiger partial charge on any atom is 0.307 e. The highest BCUT2D eigenvalue weighted by molar-refractivity contribution is 5.69. The first-order valence-electron chi connectivity index (χ1n) is 7.54. The Morgan fingerprint density at radius 1 is 1.24 bits per heavy atom. The van der Waals surface area contributed by atoms with E-state index in [-0.39, 0.29) is 11.3 Å². The lowest BCUT2D eigenvalue weighted by atomic mass is 9.84. The number of aryl methyl sites for hydroxylation is 2. The third-order valence-electron chi connectivity index (χ3n) is 4.00. The van der Waals surface area contributed by atoms with Crippen LogP contribution in [0.2, 0.25) is 0 Å². The maximum absolute atomic E-state index is 10.9.